The molecule has 0 radical (unpaired) electrons. The number of rotatable bonds is 4. The van der Waals surface area contributed by atoms with Gasteiger partial charge in [-0.2, -0.15) is 0 Å². The maximum Gasteiger partial charge on any atom is 0.126 e. The lowest BCUT2D eigenvalue weighted by molar-refractivity contribution is 0.584. The van der Waals surface area contributed by atoms with E-state index in [1.165, 1.54) is 56.6 Å². The van der Waals surface area contributed by atoms with E-state index in [2.05, 4.69) is 108 Å². The van der Waals surface area contributed by atoms with Crippen molar-refractivity contribution in [2.75, 3.05) is 4.90 Å². The molecule has 218 valence electrons. The quantitative estimate of drug-likeness (QED) is 0.196. The van der Waals surface area contributed by atoms with Crippen molar-refractivity contribution in [3.05, 3.63) is 198 Å². The van der Waals surface area contributed by atoms with Crippen LogP contribution in [0.4, 0.5) is 25.8 Å². The van der Waals surface area contributed by atoms with E-state index < -0.39 is 17.0 Å². The molecule has 2 aliphatic carbocycles. The molecular weight excluding hydrogens is 568 g/mol. The SMILES string of the molecule is Fc1cc(F)cc(-c2ccccc2N(c2ccccc2)c2ccc3c(c2)C2(c4ccccc4-c4ccccc42)c2ccccc2-3)c1. The first kappa shape index (κ1) is 26.6. The van der Waals surface area contributed by atoms with Gasteiger partial charge in [0.25, 0.3) is 0 Å². The molecule has 0 aliphatic heterocycles. The van der Waals surface area contributed by atoms with Crippen LogP contribution in [0.3, 0.4) is 0 Å². The van der Waals surface area contributed by atoms with Crippen molar-refractivity contribution in [3.63, 3.8) is 0 Å². The minimum atomic E-state index is -0.605. The summed E-state index contributed by atoms with van der Waals surface area (Å²) in [7, 11) is 0. The molecular formula is C43H27F2N. The van der Waals surface area contributed by atoms with Gasteiger partial charge in [0.1, 0.15) is 11.6 Å². The van der Waals surface area contributed by atoms with Crippen LogP contribution in [-0.4, -0.2) is 0 Å². The molecule has 0 bridgehead atoms. The molecule has 7 aromatic carbocycles. The number of fused-ring (bicyclic) bond motifs is 10. The Bertz CT molecular complexity index is 2220. The summed E-state index contributed by atoms with van der Waals surface area (Å²) in [5.41, 5.74) is 13.5. The van der Waals surface area contributed by atoms with Gasteiger partial charge in [-0.1, -0.05) is 115 Å². The molecule has 0 N–H and O–H groups in total. The lowest BCUT2D eigenvalue weighted by Crippen LogP contribution is -2.26. The van der Waals surface area contributed by atoms with Gasteiger partial charge in [0.15, 0.2) is 0 Å². The maximum atomic E-state index is 14.5. The zero-order valence-electron chi connectivity index (χ0n) is 24.8. The third kappa shape index (κ3) is 3.72. The van der Waals surface area contributed by atoms with Crippen molar-refractivity contribution in [3.8, 4) is 33.4 Å². The molecule has 46 heavy (non-hydrogen) atoms. The Balaban J connectivity index is 1.34. The first-order valence-corrected chi connectivity index (χ1v) is 15.5. The molecule has 7 aromatic rings. The van der Waals surface area contributed by atoms with Crippen LogP contribution in [0, 0.1) is 11.6 Å². The summed E-state index contributed by atoms with van der Waals surface area (Å²) in [6.45, 7) is 0. The minimum absolute atomic E-state index is 0.483. The maximum absolute atomic E-state index is 14.5. The van der Waals surface area contributed by atoms with Gasteiger partial charge >= 0.3 is 0 Å². The summed E-state index contributed by atoms with van der Waals surface area (Å²) in [6, 6.07) is 54.7. The Morgan fingerprint density at radius 2 is 0.848 bits per heavy atom. The van der Waals surface area contributed by atoms with E-state index in [0.29, 0.717) is 5.56 Å². The van der Waals surface area contributed by atoms with E-state index in [9.17, 15) is 8.78 Å². The first-order valence-electron chi connectivity index (χ1n) is 15.5. The zero-order valence-corrected chi connectivity index (χ0v) is 24.8. The highest BCUT2D eigenvalue weighted by Crippen LogP contribution is 2.63. The molecule has 0 heterocycles. The second kappa shape index (κ2) is 10.1. The molecule has 1 spiro atoms. The average Bonchev–Trinajstić information content (AvgIpc) is 3.56. The van der Waals surface area contributed by atoms with E-state index in [4.69, 9.17) is 0 Å². The Kier molecular flexibility index (Phi) is 5.85. The van der Waals surface area contributed by atoms with Gasteiger partial charge in [-0.3, -0.25) is 0 Å². The van der Waals surface area contributed by atoms with Crippen molar-refractivity contribution < 1.29 is 8.78 Å². The number of halogens is 2. The minimum Gasteiger partial charge on any atom is -0.310 e. The summed E-state index contributed by atoms with van der Waals surface area (Å²) >= 11 is 0. The van der Waals surface area contributed by atoms with E-state index >= 15 is 0 Å². The largest absolute Gasteiger partial charge is 0.310 e. The number of nitrogens with zero attached hydrogens (tertiary/aromatic N) is 1. The molecule has 0 unspecified atom stereocenters. The topological polar surface area (TPSA) is 3.24 Å². The summed E-state index contributed by atoms with van der Waals surface area (Å²) in [5.74, 6) is -1.21. The molecule has 0 saturated carbocycles. The van der Waals surface area contributed by atoms with Crippen LogP contribution >= 0.6 is 0 Å². The molecule has 0 aromatic heterocycles. The average molecular weight is 596 g/mol. The second-order valence-corrected chi connectivity index (χ2v) is 12.0. The highest BCUT2D eigenvalue weighted by Gasteiger charge is 2.51. The second-order valence-electron chi connectivity index (χ2n) is 12.0. The van der Waals surface area contributed by atoms with Gasteiger partial charge < -0.3 is 4.90 Å². The highest BCUT2D eigenvalue weighted by molar-refractivity contribution is 5.97. The van der Waals surface area contributed by atoms with Gasteiger partial charge in [0.05, 0.1) is 11.1 Å². The van der Waals surface area contributed by atoms with Crippen LogP contribution in [0.5, 0.6) is 0 Å². The number of hydrogen-bond acceptors (Lipinski definition) is 1. The monoisotopic (exact) mass is 595 g/mol. The van der Waals surface area contributed by atoms with Crippen molar-refractivity contribution in [1.82, 2.24) is 0 Å². The Labute approximate surface area is 266 Å². The summed E-state index contributed by atoms with van der Waals surface area (Å²) in [5, 5.41) is 0. The molecule has 0 fully saturated rings. The predicted molar refractivity (Wildman–Crippen MR) is 183 cm³/mol. The smallest absolute Gasteiger partial charge is 0.126 e. The van der Waals surface area contributed by atoms with Crippen LogP contribution in [0.15, 0.2) is 164 Å². The Hall–Kier alpha value is -5.80. The van der Waals surface area contributed by atoms with Crippen molar-refractivity contribution >= 4 is 17.1 Å². The Morgan fingerprint density at radius 3 is 1.43 bits per heavy atom. The van der Waals surface area contributed by atoms with E-state index in [1.807, 2.05) is 42.5 Å². The van der Waals surface area contributed by atoms with E-state index in [-0.39, 0.29) is 0 Å². The molecule has 3 heteroatoms. The van der Waals surface area contributed by atoms with Crippen LogP contribution in [0.1, 0.15) is 22.3 Å². The molecule has 1 nitrogen and oxygen atoms in total. The number of anilines is 3. The van der Waals surface area contributed by atoms with Crippen LogP contribution in [0.25, 0.3) is 33.4 Å². The highest BCUT2D eigenvalue weighted by atomic mass is 19.1. The van der Waals surface area contributed by atoms with Crippen molar-refractivity contribution in [2.45, 2.75) is 5.41 Å². The van der Waals surface area contributed by atoms with Gasteiger partial charge in [-0.15, -0.1) is 0 Å². The predicted octanol–water partition coefficient (Wildman–Crippen LogP) is 11.4. The third-order valence-corrected chi connectivity index (χ3v) is 9.57. The van der Waals surface area contributed by atoms with Crippen LogP contribution in [-0.2, 0) is 5.41 Å². The molecule has 0 saturated heterocycles. The lowest BCUT2D eigenvalue weighted by atomic mass is 9.70. The van der Waals surface area contributed by atoms with Gasteiger partial charge in [-0.25, -0.2) is 8.78 Å². The Morgan fingerprint density at radius 1 is 0.370 bits per heavy atom. The first-order chi connectivity index (χ1) is 22.6. The number of hydrogen-bond donors (Lipinski definition) is 0. The number of benzene rings is 7. The molecule has 2 aliphatic rings. The van der Waals surface area contributed by atoms with Crippen molar-refractivity contribution in [2.24, 2.45) is 0 Å². The van der Waals surface area contributed by atoms with E-state index in [0.717, 1.165) is 28.7 Å². The normalized spacial score (nSPS) is 13.2. The van der Waals surface area contributed by atoms with Gasteiger partial charge in [0, 0.05) is 23.0 Å². The van der Waals surface area contributed by atoms with Crippen molar-refractivity contribution in [1.29, 1.82) is 0 Å². The van der Waals surface area contributed by atoms with Crippen LogP contribution < -0.4 is 4.90 Å². The fourth-order valence-electron chi connectivity index (χ4n) is 7.85. The fourth-order valence-corrected chi connectivity index (χ4v) is 7.85. The molecule has 0 amide bonds. The standard InChI is InChI=1S/C43H27F2N/c44-29-24-28(25-30(45)26-29)33-14-7-11-21-42(33)46(31-12-2-1-3-13-31)32-22-23-37-36-17-6-10-20-40(36)43(41(37)27-32)38-18-8-4-15-34(38)35-16-5-9-19-39(35)43/h1-27H. The van der Waals surface area contributed by atoms with Gasteiger partial charge in [-0.05, 0) is 92.5 Å². The van der Waals surface area contributed by atoms with Gasteiger partial charge in [0.2, 0.25) is 0 Å². The number of para-hydroxylation sites is 2. The van der Waals surface area contributed by atoms with E-state index in [1.54, 1.807) is 0 Å². The molecule has 0 atom stereocenters. The summed E-state index contributed by atoms with van der Waals surface area (Å²) in [6.07, 6.45) is 0. The fraction of sp³-hybridized carbons (Fsp3) is 0.0233. The third-order valence-electron chi connectivity index (χ3n) is 9.57. The van der Waals surface area contributed by atoms with Crippen LogP contribution in [0.2, 0.25) is 0 Å². The summed E-state index contributed by atoms with van der Waals surface area (Å²) < 4.78 is 29.1. The summed E-state index contributed by atoms with van der Waals surface area (Å²) in [4.78, 5) is 2.20. The zero-order chi connectivity index (χ0) is 30.8. The lowest BCUT2D eigenvalue weighted by Gasteiger charge is -2.32. The molecule has 9 rings (SSSR count).